The van der Waals surface area contributed by atoms with Crippen molar-refractivity contribution in [2.75, 3.05) is 0 Å². The molecule has 1 aromatic carbocycles. The maximum absolute atomic E-state index is 6.13. The Morgan fingerprint density at radius 3 is 2.65 bits per heavy atom. The Morgan fingerprint density at radius 1 is 1.15 bits per heavy atom. The minimum absolute atomic E-state index is 0.0157. The van der Waals surface area contributed by atoms with E-state index < -0.39 is 0 Å². The first kappa shape index (κ1) is 13.5. The summed E-state index contributed by atoms with van der Waals surface area (Å²) in [7, 11) is 0. The monoisotopic (exact) mass is 301 g/mol. The van der Waals surface area contributed by atoms with Crippen molar-refractivity contribution >= 4 is 33.3 Å². The van der Waals surface area contributed by atoms with E-state index in [0.29, 0.717) is 0 Å². The highest BCUT2D eigenvalue weighted by Crippen LogP contribution is 2.39. The Labute approximate surface area is 126 Å². The van der Waals surface area contributed by atoms with Crippen LogP contribution in [0, 0.1) is 0 Å². The first-order valence-corrected chi connectivity index (χ1v) is 8.12. The van der Waals surface area contributed by atoms with Gasteiger partial charge in [0, 0.05) is 12.2 Å². The van der Waals surface area contributed by atoms with Gasteiger partial charge in [0.15, 0.2) is 4.34 Å². The van der Waals surface area contributed by atoms with Crippen LogP contribution in [0.5, 0.6) is 0 Å². The van der Waals surface area contributed by atoms with E-state index in [1.165, 1.54) is 4.70 Å². The Bertz CT molecular complexity index is 661. The summed E-state index contributed by atoms with van der Waals surface area (Å²) in [5, 5.41) is 0.122. The number of hydrogen-bond acceptors (Lipinski definition) is 5. The molecule has 3 rings (SSSR count). The minimum Gasteiger partial charge on any atom is -0.327 e. The number of rotatable bonds is 4. The standard InChI is InChI=1S/C15H15N3S2/c1-10(16)14(12-7-4-5-9-17-12)20-15-18-11-6-2-3-8-13(11)19-15/h2-10,14H,16H2,1H3. The molecular formula is C15H15N3S2. The predicted molar refractivity (Wildman–Crippen MR) is 86.1 cm³/mol. The summed E-state index contributed by atoms with van der Waals surface area (Å²) in [6, 6.07) is 14.1. The van der Waals surface area contributed by atoms with E-state index in [2.05, 4.69) is 16.0 Å². The zero-order valence-electron chi connectivity index (χ0n) is 11.1. The van der Waals surface area contributed by atoms with Crippen molar-refractivity contribution in [1.29, 1.82) is 0 Å². The third-order valence-corrected chi connectivity index (χ3v) is 5.55. The number of aromatic nitrogens is 2. The molecule has 2 heterocycles. The van der Waals surface area contributed by atoms with Crippen LogP contribution < -0.4 is 5.73 Å². The molecule has 0 spiro atoms. The molecule has 2 atom stereocenters. The van der Waals surface area contributed by atoms with Gasteiger partial charge in [-0.2, -0.15) is 0 Å². The van der Waals surface area contributed by atoms with Gasteiger partial charge in [-0.1, -0.05) is 30.0 Å². The molecule has 2 unspecified atom stereocenters. The normalized spacial score (nSPS) is 14.3. The van der Waals surface area contributed by atoms with Crippen LogP contribution in [0.3, 0.4) is 0 Å². The van der Waals surface area contributed by atoms with Crippen LogP contribution in [-0.4, -0.2) is 16.0 Å². The molecule has 0 aliphatic rings. The largest absolute Gasteiger partial charge is 0.327 e. The molecule has 20 heavy (non-hydrogen) atoms. The van der Waals surface area contributed by atoms with Gasteiger partial charge in [-0.05, 0) is 31.2 Å². The van der Waals surface area contributed by atoms with Crippen LogP contribution >= 0.6 is 23.1 Å². The number of thiazole rings is 1. The molecule has 3 aromatic rings. The maximum atomic E-state index is 6.13. The van der Waals surface area contributed by atoms with Gasteiger partial charge < -0.3 is 5.73 Å². The van der Waals surface area contributed by atoms with Gasteiger partial charge in [0.25, 0.3) is 0 Å². The van der Waals surface area contributed by atoms with Gasteiger partial charge >= 0.3 is 0 Å². The number of nitrogens with zero attached hydrogens (tertiary/aromatic N) is 2. The van der Waals surface area contributed by atoms with Crippen molar-refractivity contribution in [3.8, 4) is 0 Å². The first-order valence-electron chi connectivity index (χ1n) is 6.43. The molecule has 2 N–H and O–H groups in total. The number of fused-ring (bicyclic) bond motifs is 1. The summed E-state index contributed by atoms with van der Waals surface area (Å²) in [6.07, 6.45) is 1.81. The molecule has 0 aliphatic heterocycles. The summed E-state index contributed by atoms with van der Waals surface area (Å²) in [6.45, 7) is 2.01. The average Bonchev–Trinajstić information content (AvgIpc) is 2.88. The zero-order valence-corrected chi connectivity index (χ0v) is 12.7. The second-order valence-corrected chi connectivity index (χ2v) is 7.02. The number of pyridine rings is 1. The quantitative estimate of drug-likeness (QED) is 0.743. The average molecular weight is 301 g/mol. The van der Waals surface area contributed by atoms with Crippen molar-refractivity contribution in [2.45, 2.75) is 22.6 Å². The fourth-order valence-corrected chi connectivity index (χ4v) is 4.30. The molecule has 5 heteroatoms. The van der Waals surface area contributed by atoms with E-state index in [0.717, 1.165) is 15.6 Å². The van der Waals surface area contributed by atoms with E-state index in [4.69, 9.17) is 5.73 Å². The lowest BCUT2D eigenvalue weighted by atomic mass is 10.2. The number of para-hydroxylation sites is 1. The van der Waals surface area contributed by atoms with Gasteiger partial charge in [0.05, 0.1) is 21.2 Å². The van der Waals surface area contributed by atoms with Gasteiger partial charge in [0.2, 0.25) is 0 Å². The van der Waals surface area contributed by atoms with Gasteiger partial charge in [0.1, 0.15) is 0 Å². The SMILES string of the molecule is CC(N)C(Sc1nc2ccccc2s1)c1ccccn1. The second-order valence-electron chi connectivity index (χ2n) is 4.60. The molecular weight excluding hydrogens is 286 g/mol. The molecule has 0 fully saturated rings. The van der Waals surface area contributed by atoms with Crippen LogP contribution in [-0.2, 0) is 0 Å². The van der Waals surface area contributed by atoms with Crippen LogP contribution in [0.25, 0.3) is 10.2 Å². The fraction of sp³-hybridized carbons (Fsp3) is 0.200. The van der Waals surface area contributed by atoms with E-state index in [9.17, 15) is 0 Å². The third kappa shape index (κ3) is 2.85. The van der Waals surface area contributed by atoms with Gasteiger partial charge in [-0.3, -0.25) is 4.98 Å². The van der Waals surface area contributed by atoms with Crippen molar-refractivity contribution in [3.63, 3.8) is 0 Å². The van der Waals surface area contributed by atoms with Crippen LogP contribution in [0.4, 0.5) is 0 Å². The Hall–Kier alpha value is -1.43. The van der Waals surface area contributed by atoms with E-state index in [1.807, 2.05) is 49.5 Å². The fourth-order valence-electron chi connectivity index (χ4n) is 1.99. The third-order valence-electron chi connectivity index (χ3n) is 2.96. The number of nitrogens with two attached hydrogens (primary N) is 1. The molecule has 0 radical (unpaired) electrons. The van der Waals surface area contributed by atoms with E-state index >= 15 is 0 Å². The maximum Gasteiger partial charge on any atom is 0.151 e. The summed E-state index contributed by atoms with van der Waals surface area (Å²) in [4.78, 5) is 9.08. The lowest BCUT2D eigenvalue weighted by Crippen LogP contribution is -2.23. The van der Waals surface area contributed by atoms with E-state index in [1.54, 1.807) is 23.1 Å². The highest BCUT2D eigenvalue weighted by atomic mass is 32.2. The molecule has 2 aromatic heterocycles. The predicted octanol–water partition coefficient (Wildman–Crippen LogP) is 3.87. The number of benzene rings is 1. The molecule has 0 bridgehead atoms. The molecule has 0 amide bonds. The van der Waals surface area contributed by atoms with Crippen LogP contribution in [0.15, 0.2) is 53.0 Å². The van der Waals surface area contributed by atoms with Crippen LogP contribution in [0.2, 0.25) is 0 Å². The van der Waals surface area contributed by atoms with Crippen LogP contribution in [0.1, 0.15) is 17.9 Å². The number of hydrogen-bond donors (Lipinski definition) is 1. The smallest absolute Gasteiger partial charge is 0.151 e. The molecule has 0 saturated carbocycles. The Morgan fingerprint density at radius 2 is 1.95 bits per heavy atom. The summed E-state index contributed by atoms with van der Waals surface area (Å²) >= 11 is 3.40. The van der Waals surface area contributed by atoms with E-state index in [-0.39, 0.29) is 11.3 Å². The van der Waals surface area contributed by atoms with Crippen molar-refractivity contribution in [1.82, 2.24) is 9.97 Å². The molecule has 0 aliphatic carbocycles. The second kappa shape index (κ2) is 5.91. The van der Waals surface area contributed by atoms with Gasteiger partial charge in [-0.15, -0.1) is 11.3 Å². The molecule has 0 saturated heterocycles. The summed E-state index contributed by atoms with van der Waals surface area (Å²) < 4.78 is 2.25. The topological polar surface area (TPSA) is 51.8 Å². The van der Waals surface area contributed by atoms with Crippen molar-refractivity contribution in [2.24, 2.45) is 5.73 Å². The summed E-state index contributed by atoms with van der Waals surface area (Å²) in [5.41, 5.74) is 8.18. The first-order chi connectivity index (χ1) is 9.74. The number of thioether (sulfide) groups is 1. The Balaban J connectivity index is 1.90. The highest BCUT2D eigenvalue weighted by Gasteiger charge is 2.20. The Kier molecular flexibility index (Phi) is 4.00. The lowest BCUT2D eigenvalue weighted by Gasteiger charge is -2.18. The van der Waals surface area contributed by atoms with Gasteiger partial charge in [-0.25, -0.2) is 4.98 Å². The summed E-state index contributed by atoms with van der Waals surface area (Å²) in [5.74, 6) is 0. The lowest BCUT2D eigenvalue weighted by molar-refractivity contribution is 0.705. The highest BCUT2D eigenvalue weighted by molar-refractivity contribution is 8.01. The molecule has 102 valence electrons. The van der Waals surface area contributed by atoms with Crippen molar-refractivity contribution < 1.29 is 0 Å². The molecule has 3 nitrogen and oxygen atoms in total. The minimum atomic E-state index is 0.0157. The zero-order chi connectivity index (χ0) is 13.9. The van der Waals surface area contributed by atoms with Crippen molar-refractivity contribution in [3.05, 3.63) is 54.4 Å².